The second-order valence-corrected chi connectivity index (χ2v) is 7.63. The first kappa shape index (κ1) is 23.0. The minimum Gasteiger partial charge on any atom is -0.481 e. The molecule has 0 atom stereocenters. The Balaban J connectivity index is 1.93. The molecule has 0 aliphatic rings. The topological polar surface area (TPSA) is 69.0 Å². The largest absolute Gasteiger partial charge is 0.481 e. The SMILES string of the molecule is C/C=C(/C(=O)NCc1ccnc(OC)c1)c1cnn(-c2ccc(C)cc2)c1/C=C(\C)CC. The van der Waals surface area contributed by atoms with Crippen LogP contribution in [0.2, 0.25) is 0 Å². The van der Waals surface area contributed by atoms with E-state index in [0.29, 0.717) is 18.0 Å². The standard InChI is InChI=1S/C26H30N4O2/c1-6-18(3)14-24-23(17-29-30(24)21-10-8-19(4)9-11-21)22(7-2)26(31)28-16-20-12-13-27-25(15-20)32-5/h7-15,17H,6,16H2,1-5H3,(H,28,31)/b18-14+,22-7+. The van der Waals surface area contributed by atoms with Crippen molar-refractivity contribution in [2.24, 2.45) is 0 Å². The summed E-state index contributed by atoms with van der Waals surface area (Å²) in [5, 5.41) is 7.62. The van der Waals surface area contributed by atoms with Crippen molar-refractivity contribution in [1.82, 2.24) is 20.1 Å². The molecule has 3 rings (SSSR count). The van der Waals surface area contributed by atoms with E-state index in [1.54, 1.807) is 19.5 Å². The molecule has 2 heterocycles. The fourth-order valence-electron chi connectivity index (χ4n) is 3.29. The molecule has 1 amide bonds. The van der Waals surface area contributed by atoms with Gasteiger partial charge in [-0.05, 0) is 57.0 Å². The van der Waals surface area contributed by atoms with Crippen LogP contribution >= 0.6 is 0 Å². The molecule has 0 saturated heterocycles. The molecule has 0 bridgehead atoms. The highest BCUT2D eigenvalue weighted by Crippen LogP contribution is 2.25. The van der Waals surface area contributed by atoms with Gasteiger partial charge in [-0.3, -0.25) is 4.79 Å². The molecule has 32 heavy (non-hydrogen) atoms. The average Bonchev–Trinajstić information content (AvgIpc) is 3.21. The van der Waals surface area contributed by atoms with Crippen LogP contribution in [-0.2, 0) is 11.3 Å². The third kappa shape index (κ3) is 5.32. The summed E-state index contributed by atoms with van der Waals surface area (Å²) in [6.45, 7) is 8.50. The number of benzene rings is 1. The third-order valence-electron chi connectivity index (χ3n) is 5.31. The molecule has 0 aliphatic carbocycles. The highest BCUT2D eigenvalue weighted by molar-refractivity contribution is 6.20. The lowest BCUT2D eigenvalue weighted by Crippen LogP contribution is -2.24. The Bertz CT molecular complexity index is 1140. The zero-order valence-electron chi connectivity index (χ0n) is 19.3. The molecule has 1 N–H and O–H groups in total. The van der Waals surface area contributed by atoms with Crippen LogP contribution in [0.5, 0.6) is 5.88 Å². The molecule has 6 nitrogen and oxygen atoms in total. The van der Waals surface area contributed by atoms with Gasteiger partial charge >= 0.3 is 0 Å². The number of hydrogen-bond donors (Lipinski definition) is 1. The van der Waals surface area contributed by atoms with Gasteiger partial charge in [-0.1, -0.05) is 36.3 Å². The van der Waals surface area contributed by atoms with E-state index in [0.717, 1.165) is 28.9 Å². The highest BCUT2D eigenvalue weighted by atomic mass is 16.5. The van der Waals surface area contributed by atoms with Crippen molar-refractivity contribution in [3.8, 4) is 11.6 Å². The Morgan fingerprint density at radius 2 is 1.97 bits per heavy atom. The maximum absolute atomic E-state index is 13.1. The summed E-state index contributed by atoms with van der Waals surface area (Å²) in [6, 6.07) is 11.9. The normalized spacial score (nSPS) is 12.0. The average molecular weight is 431 g/mol. The summed E-state index contributed by atoms with van der Waals surface area (Å²) in [5.41, 5.74) is 6.53. The molecule has 166 valence electrons. The number of rotatable bonds is 8. The van der Waals surface area contributed by atoms with Crippen molar-refractivity contribution in [1.29, 1.82) is 0 Å². The van der Waals surface area contributed by atoms with Gasteiger partial charge in [0.25, 0.3) is 5.91 Å². The highest BCUT2D eigenvalue weighted by Gasteiger charge is 2.19. The summed E-state index contributed by atoms with van der Waals surface area (Å²) in [7, 11) is 1.57. The summed E-state index contributed by atoms with van der Waals surface area (Å²) < 4.78 is 7.05. The smallest absolute Gasteiger partial charge is 0.251 e. The van der Waals surface area contributed by atoms with E-state index in [4.69, 9.17) is 4.74 Å². The molecule has 0 unspecified atom stereocenters. The summed E-state index contributed by atoms with van der Waals surface area (Å²) in [4.78, 5) is 17.2. The first-order valence-electron chi connectivity index (χ1n) is 10.7. The number of methoxy groups -OCH3 is 1. The van der Waals surface area contributed by atoms with Gasteiger partial charge < -0.3 is 10.1 Å². The van der Waals surface area contributed by atoms with Gasteiger partial charge in [0, 0.05) is 29.9 Å². The van der Waals surface area contributed by atoms with Gasteiger partial charge in [0.15, 0.2) is 0 Å². The van der Waals surface area contributed by atoms with E-state index in [1.807, 2.05) is 41.9 Å². The fraction of sp³-hybridized carbons (Fsp3) is 0.269. The van der Waals surface area contributed by atoms with Crippen LogP contribution in [0.25, 0.3) is 17.3 Å². The van der Waals surface area contributed by atoms with Crippen LogP contribution in [0.4, 0.5) is 0 Å². The van der Waals surface area contributed by atoms with Crippen LogP contribution in [-0.4, -0.2) is 27.8 Å². The van der Waals surface area contributed by atoms with Crippen LogP contribution in [0.3, 0.4) is 0 Å². The fourth-order valence-corrected chi connectivity index (χ4v) is 3.29. The summed E-state index contributed by atoms with van der Waals surface area (Å²) >= 11 is 0. The van der Waals surface area contributed by atoms with E-state index in [1.165, 1.54) is 11.1 Å². The van der Waals surface area contributed by atoms with Gasteiger partial charge in [-0.2, -0.15) is 5.10 Å². The molecule has 0 fully saturated rings. The number of nitrogens with zero attached hydrogens (tertiary/aromatic N) is 3. The first-order valence-corrected chi connectivity index (χ1v) is 10.7. The maximum Gasteiger partial charge on any atom is 0.251 e. The number of amides is 1. The monoisotopic (exact) mass is 430 g/mol. The van der Waals surface area contributed by atoms with Crippen molar-refractivity contribution >= 4 is 17.6 Å². The predicted molar refractivity (Wildman–Crippen MR) is 129 cm³/mol. The van der Waals surface area contributed by atoms with E-state index in [-0.39, 0.29) is 5.91 Å². The van der Waals surface area contributed by atoms with E-state index in [2.05, 4.69) is 54.4 Å². The van der Waals surface area contributed by atoms with Gasteiger partial charge in [0.05, 0.1) is 24.7 Å². The lowest BCUT2D eigenvalue weighted by molar-refractivity contribution is -0.115. The number of aromatic nitrogens is 3. The van der Waals surface area contributed by atoms with E-state index < -0.39 is 0 Å². The predicted octanol–water partition coefficient (Wildman–Crippen LogP) is 5.12. The Morgan fingerprint density at radius 3 is 2.62 bits per heavy atom. The van der Waals surface area contributed by atoms with Crippen LogP contribution in [0.15, 0.2) is 60.4 Å². The number of ether oxygens (including phenoxy) is 1. The number of aryl methyl sites for hydroxylation is 1. The lowest BCUT2D eigenvalue weighted by atomic mass is 10.0. The van der Waals surface area contributed by atoms with E-state index >= 15 is 0 Å². The van der Waals surface area contributed by atoms with Crippen molar-refractivity contribution < 1.29 is 9.53 Å². The second-order valence-electron chi connectivity index (χ2n) is 7.63. The molecule has 1 aromatic carbocycles. The van der Waals surface area contributed by atoms with Gasteiger partial charge in [-0.25, -0.2) is 9.67 Å². The quantitative estimate of drug-likeness (QED) is 0.504. The Labute approximate surface area is 189 Å². The zero-order chi connectivity index (χ0) is 23.1. The first-order chi connectivity index (χ1) is 15.5. The third-order valence-corrected chi connectivity index (χ3v) is 5.31. The van der Waals surface area contributed by atoms with Crippen LogP contribution in [0.1, 0.15) is 49.6 Å². The number of pyridine rings is 1. The molecule has 6 heteroatoms. The molecule has 0 spiro atoms. The zero-order valence-corrected chi connectivity index (χ0v) is 19.3. The number of carbonyl (C=O) groups excluding carboxylic acids is 1. The number of hydrogen-bond acceptors (Lipinski definition) is 4. The number of allylic oxidation sites excluding steroid dienone is 2. The van der Waals surface area contributed by atoms with E-state index in [9.17, 15) is 4.79 Å². The van der Waals surface area contributed by atoms with Crippen LogP contribution < -0.4 is 10.1 Å². The summed E-state index contributed by atoms with van der Waals surface area (Å²) in [5.74, 6) is 0.361. The van der Waals surface area contributed by atoms with Crippen molar-refractivity contribution in [2.45, 2.75) is 40.7 Å². The van der Waals surface area contributed by atoms with Gasteiger partial charge in [0.2, 0.25) is 5.88 Å². The van der Waals surface area contributed by atoms with Gasteiger partial charge in [-0.15, -0.1) is 0 Å². The molecule has 2 aromatic heterocycles. The van der Waals surface area contributed by atoms with Crippen LogP contribution in [0, 0.1) is 6.92 Å². The lowest BCUT2D eigenvalue weighted by Gasteiger charge is -2.11. The van der Waals surface area contributed by atoms with Crippen molar-refractivity contribution in [3.05, 3.63) is 82.8 Å². The molecule has 0 aliphatic heterocycles. The molecular formula is C26H30N4O2. The van der Waals surface area contributed by atoms with Crippen molar-refractivity contribution in [2.75, 3.05) is 7.11 Å². The minimum atomic E-state index is -0.157. The molecule has 3 aromatic rings. The van der Waals surface area contributed by atoms with Gasteiger partial charge in [0.1, 0.15) is 0 Å². The maximum atomic E-state index is 13.1. The number of nitrogens with one attached hydrogen (secondary N) is 1. The second kappa shape index (κ2) is 10.6. The Hall–Kier alpha value is -3.67. The molecular weight excluding hydrogens is 400 g/mol. The Kier molecular flexibility index (Phi) is 7.60. The molecule has 0 radical (unpaired) electrons. The summed E-state index contributed by atoms with van der Waals surface area (Å²) in [6.07, 6.45) is 8.28. The minimum absolute atomic E-state index is 0.157. The number of carbonyl (C=O) groups is 1. The molecule has 0 saturated carbocycles. The van der Waals surface area contributed by atoms with Crippen molar-refractivity contribution in [3.63, 3.8) is 0 Å². The Morgan fingerprint density at radius 1 is 1.22 bits per heavy atom.